The molecule has 3 N–H and O–H groups in total. The van der Waals surface area contributed by atoms with Crippen molar-refractivity contribution in [2.24, 2.45) is 10.9 Å². The second-order valence-electron chi connectivity index (χ2n) is 3.82. The summed E-state index contributed by atoms with van der Waals surface area (Å²) in [5, 5.41) is 11.4. The Kier molecular flexibility index (Phi) is 4.68. The fraction of sp³-hybridized carbons (Fsp3) is 0.545. The van der Waals surface area contributed by atoms with Crippen LogP contribution in [0.4, 0.5) is 5.82 Å². The number of hydrogen-bond donors (Lipinski definition) is 2. The highest BCUT2D eigenvalue weighted by Gasteiger charge is 2.08. The van der Waals surface area contributed by atoms with E-state index in [1.165, 1.54) is 0 Å². The minimum atomic E-state index is 0.222. The van der Waals surface area contributed by atoms with Crippen molar-refractivity contribution in [3.8, 4) is 0 Å². The Balaban J connectivity index is 2.76. The van der Waals surface area contributed by atoms with Crippen molar-refractivity contribution in [2.75, 3.05) is 18.0 Å². The molecule has 1 aromatic heterocycles. The van der Waals surface area contributed by atoms with Crippen molar-refractivity contribution < 1.29 is 5.21 Å². The van der Waals surface area contributed by atoms with Crippen LogP contribution in [0, 0.1) is 13.8 Å². The Morgan fingerprint density at radius 3 is 2.71 bits per heavy atom. The summed E-state index contributed by atoms with van der Waals surface area (Å²) in [6.07, 6.45) is 2.25. The molecule has 1 rings (SSSR count). The topological polar surface area (TPSA) is 87.6 Å². The van der Waals surface area contributed by atoms with Gasteiger partial charge in [0.25, 0.3) is 0 Å². The van der Waals surface area contributed by atoms with Gasteiger partial charge in [-0.25, -0.2) is 4.98 Å². The maximum Gasteiger partial charge on any atom is 0.147 e. The maximum atomic E-state index is 8.49. The summed E-state index contributed by atoms with van der Waals surface area (Å²) in [5.74, 6) is 1.04. The molecule has 0 saturated carbocycles. The van der Waals surface area contributed by atoms with Crippen LogP contribution in [0.1, 0.15) is 24.7 Å². The van der Waals surface area contributed by atoms with E-state index in [4.69, 9.17) is 10.9 Å². The van der Waals surface area contributed by atoms with Crippen LogP contribution in [-0.4, -0.2) is 34.1 Å². The summed E-state index contributed by atoms with van der Waals surface area (Å²) in [7, 11) is 0. The molecule has 0 aliphatic rings. The zero-order valence-corrected chi connectivity index (χ0v) is 10.5. The molecular weight excluding hydrogens is 218 g/mol. The van der Waals surface area contributed by atoms with Crippen LogP contribution in [0.15, 0.2) is 11.4 Å². The first-order valence-corrected chi connectivity index (χ1v) is 5.60. The van der Waals surface area contributed by atoms with E-state index in [0.29, 0.717) is 13.0 Å². The first kappa shape index (κ1) is 13.2. The third-order valence-corrected chi connectivity index (χ3v) is 2.65. The normalized spacial score (nSPS) is 11.6. The van der Waals surface area contributed by atoms with E-state index in [0.717, 1.165) is 23.8 Å². The third kappa shape index (κ3) is 3.58. The molecule has 0 atom stereocenters. The molecule has 0 unspecified atom stereocenters. The van der Waals surface area contributed by atoms with Crippen LogP contribution < -0.4 is 10.6 Å². The zero-order chi connectivity index (χ0) is 12.8. The largest absolute Gasteiger partial charge is 0.409 e. The monoisotopic (exact) mass is 237 g/mol. The van der Waals surface area contributed by atoms with Crippen molar-refractivity contribution >= 4 is 11.7 Å². The van der Waals surface area contributed by atoms with Crippen molar-refractivity contribution in [3.05, 3.63) is 17.6 Å². The minimum Gasteiger partial charge on any atom is -0.409 e. The molecule has 0 aromatic carbocycles. The molecule has 6 nitrogen and oxygen atoms in total. The summed E-state index contributed by atoms with van der Waals surface area (Å²) >= 11 is 0. The van der Waals surface area contributed by atoms with Gasteiger partial charge in [0.2, 0.25) is 0 Å². The van der Waals surface area contributed by atoms with Crippen molar-refractivity contribution in [1.29, 1.82) is 0 Å². The summed E-state index contributed by atoms with van der Waals surface area (Å²) < 4.78 is 0. The van der Waals surface area contributed by atoms with Gasteiger partial charge in [0.05, 0.1) is 17.6 Å². The van der Waals surface area contributed by atoms with Crippen molar-refractivity contribution in [1.82, 2.24) is 9.97 Å². The van der Waals surface area contributed by atoms with E-state index in [2.05, 4.69) is 15.1 Å². The molecule has 94 valence electrons. The van der Waals surface area contributed by atoms with Gasteiger partial charge in [0, 0.05) is 19.5 Å². The molecular formula is C11H19N5O. The van der Waals surface area contributed by atoms with Gasteiger partial charge in [-0.05, 0) is 20.8 Å². The van der Waals surface area contributed by atoms with Crippen LogP contribution in [0.3, 0.4) is 0 Å². The lowest BCUT2D eigenvalue weighted by Crippen LogP contribution is -2.29. The van der Waals surface area contributed by atoms with Crippen LogP contribution in [0.5, 0.6) is 0 Å². The van der Waals surface area contributed by atoms with Crippen LogP contribution in [-0.2, 0) is 0 Å². The Morgan fingerprint density at radius 2 is 2.18 bits per heavy atom. The molecule has 1 heterocycles. The molecule has 1 aromatic rings. The lowest BCUT2D eigenvalue weighted by molar-refractivity contribution is 0.317. The second-order valence-corrected chi connectivity index (χ2v) is 3.82. The Labute approximate surface area is 101 Å². The van der Waals surface area contributed by atoms with Crippen molar-refractivity contribution in [3.63, 3.8) is 0 Å². The fourth-order valence-corrected chi connectivity index (χ4v) is 1.42. The first-order chi connectivity index (χ1) is 8.08. The predicted molar refractivity (Wildman–Crippen MR) is 67.4 cm³/mol. The van der Waals surface area contributed by atoms with Crippen LogP contribution >= 0.6 is 0 Å². The van der Waals surface area contributed by atoms with E-state index in [9.17, 15) is 0 Å². The molecule has 0 aliphatic heterocycles. The number of anilines is 1. The van der Waals surface area contributed by atoms with Gasteiger partial charge in [0.1, 0.15) is 11.7 Å². The molecule has 0 spiro atoms. The first-order valence-electron chi connectivity index (χ1n) is 5.60. The van der Waals surface area contributed by atoms with Crippen LogP contribution in [0.2, 0.25) is 0 Å². The van der Waals surface area contributed by atoms with Gasteiger partial charge >= 0.3 is 0 Å². The number of nitrogens with two attached hydrogens (primary N) is 1. The van der Waals surface area contributed by atoms with E-state index in [1.807, 2.05) is 25.7 Å². The molecule has 0 bridgehead atoms. The number of amidine groups is 1. The Hall–Kier alpha value is -1.85. The molecule has 0 fully saturated rings. The molecule has 6 heteroatoms. The number of rotatable bonds is 5. The number of hydrogen-bond acceptors (Lipinski definition) is 5. The molecule has 17 heavy (non-hydrogen) atoms. The Morgan fingerprint density at radius 1 is 1.47 bits per heavy atom. The van der Waals surface area contributed by atoms with E-state index in [1.54, 1.807) is 6.20 Å². The summed E-state index contributed by atoms with van der Waals surface area (Å²) in [6, 6.07) is 0. The molecule has 0 radical (unpaired) electrons. The zero-order valence-electron chi connectivity index (χ0n) is 10.5. The number of oxime groups is 1. The minimum absolute atomic E-state index is 0.222. The maximum absolute atomic E-state index is 8.49. The molecule has 0 aliphatic carbocycles. The summed E-state index contributed by atoms with van der Waals surface area (Å²) in [5.41, 5.74) is 7.30. The van der Waals surface area contributed by atoms with Gasteiger partial charge in [-0.3, -0.25) is 4.98 Å². The van der Waals surface area contributed by atoms with E-state index in [-0.39, 0.29) is 5.84 Å². The van der Waals surface area contributed by atoms with Crippen LogP contribution in [0.25, 0.3) is 0 Å². The lowest BCUT2D eigenvalue weighted by Gasteiger charge is -2.21. The summed E-state index contributed by atoms with van der Waals surface area (Å²) in [4.78, 5) is 10.8. The quantitative estimate of drug-likeness (QED) is 0.346. The highest BCUT2D eigenvalue weighted by molar-refractivity contribution is 5.80. The highest BCUT2D eigenvalue weighted by atomic mass is 16.4. The molecule has 0 amide bonds. The standard InChI is InChI=1S/C11H19N5O/c1-4-16(6-5-10(12)15-17)11-7-13-8(2)9(3)14-11/h7,17H,4-6H2,1-3H3,(H2,12,15). The van der Waals surface area contributed by atoms with E-state index >= 15 is 0 Å². The highest BCUT2D eigenvalue weighted by Crippen LogP contribution is 2.11. The smallest absolute Gasteiger partial charge is 0.147 e. The number of aromatic nitrogens is 2. The van der Waals surface area contributed by atoms with E-state index < -0.39 is 0 Å². The second kappa shape index (κ2) is 6.03. The average molecular weight is 237 g/mol. The number of aryl methyl sites for hydroxylation is 2. The lowest BCUT2D eigenvalue weighted by atomic mass is 10.3. The molecule has 0 saturated heterocycles. The number of nitrogens with zero attached hydrogens (tertiary/aromatic N) is 4. The fourth-order valence-electron chi connectivity index (χ4n) is 1.42. The average Bonchev–Trinajstić information content (AvgIpc) is 2.33. The SMILES string of the molecule is CCN(CCC(N)=NO)c1cnc(C)c(C)n1. The van der Waals surface area contributed by atoms with Gasteiger partial charge in [0.15, 0.2) is 0 Å². The van der Waals surface area contributed by atoms with Crippen molar-refractivity contribution in [2.45, 2.75) is 27.2 Å². The summed E-state index contributed by atoms with van der Waals surface area (Å²) in [6.45, 7) is 7.35. The Bertz CT molecular complexity index is 405. The predicted octanol–water partition coefficient (Wildman–Crippen LogP) is 1.06. The van der Waals surface area contributed by atoms with Gasteiger partial charge in [-0.1, -0.05) is 5.16 Å². The third-order valence-electron chi connectivity index (χ3n) is 2.65. The van der Waals surface area contributed by atoms with Gasteiger partial charge in [-0.2, -0.15) is 0 Å². The van der Waals surface area contributed by atoms with Gasteiger partial charge < -0.3 is 15.8 Å². The van der Waals surface area contributed by atoms with Gasteiger partial charge in [-0.15, -0.1) is 0 Å².